The molecule has 0 aliphatic heterocycles. The lowest BCUT2D eigenvalue weighted by molar-refractivity contribution is 0.101. The Balaban J connectivity index is 1.50. The molecule has 4 rings (SSSR count). The molecule has 0 radical (unpaired) electrons. The van der Waals surface area contributed by atoms with Crippen LogP contribution in [0.5, 0.6) is 0 Å². The van der Waals surface area contributed by atoms with Crippen molar-refractivity contribution < 1.29 is 13.6 Å². The molecule has 0 fully saturated rings. The summed E-state index contributed by atoms with van der Waals surface area (Å²) in [6.45, 7) is 1.98. The maximum Gasteiger partial charge on any atom is 0.347 e. The number of carbonyl (C=O) groups is 1. The fraction of sp³-hybridized carbons (Fsp3) is 0.100. The normalized spacial score (nSPS) is 11.0. The van der Waals surface area contributed by atoms with E-state index in [0.717, 1.165) is 22.9 Å². The van der Waals surface area contributed by atoms with Gasteiger partial charge in [-0.15, -0.1) is 10.2 Å². The van der Waals surface area contributed by atoms with E-state index in [1.54, 1.807) is 24.3 Å². The summed E-state index contributed by atoms with van der Waals surface area (Å²) < 4.78 is 10.8. The lowest BCUT2D eigenvalue weighted by Crippen LogP contribution is -2.15. The van der Waals surface area contributed by atoms with Crippen LogP contribution < -0.4 is 5.63 Å². The second kappa shape index (κ2) is 7.20. The van der Waals surface area contributed by atoms with E-state index in [1.165, 1.54) is 0 Å². The van der Waals surface area contributed by atoms with Gasteiger partial charge in [0, 0.05) is 10.9 Å². The smallest absolute Gasteiger partial charge is 0.347 e. The van der Waals surface area contributed by atoms with Gasteiger partial charge in [-0.25, -0.2) is 4.79 Å². The van der Waals surface area contributed by atoms with Gasteiger partial charge in [-0.2, -0.15) is 0 Å². The first kappa shape index (κ1) is 17.2. The third-order valence-corrected chi connectivity index (χ3v) is 4.76. The molecule has 0 aliphatic carbocycles. The number of aromatic nitrogens is 2. The fourth-order valence-electron chi connectivity index (χ4n) is 2.62. The predicted molar refractivity (Wildman–Crippen MR) is 102 cm³/mol. The van der Waals surface area contributed by atoms with Gasteiger partial charge < -0.3 is 8.83 Å². The number of aryl methyl sites for hydroxylation is 1. The first-order chi connectivity index (χ1) is 13.1. The molecule has 0 spiro atoms. The molecule has 27 heavy (non-hydrogen) atoms. The summed E-state index contributed by atoms with van der Waals surface area (Å²) in [4.78, 5) is 24.5. The Bertz CT molecular complexity index is 1200. The van der Waals surface area contributed by atoms with E-state index < -0.39 is 5.63 Å². The minimum Gasteiger partial charge on any atom is -0.422 e. The van der Waals surface area contributed by atoms with Gasteiger partial charge in [-0.3, -0.25) is 4.79 Å². The summed E-state index contributed by atoms with van der Waals surface area (Å²) in [5, 5.41) is 8.93. The van der Waals surface area contributed by atoms with Crippen LogP contribution in [0.4, 0.5) is 0 Å². The van der Waals surface area contributed by atoms with E-state index in [1.807, 2.05) is 37.3 Å². The van der Waals surface area contributed by atoms with Crippen LogP contribution in [0, 0.1) is 6.92 Å². The first-order valence-corrected chi connectivity index (χ1v) is 9.18. The molecule has 2 aromatic heterocycles. The minimum atomic E-state index is -0.648. The third kappa shape index (κ3) is 3.68. The summed E-state index contributed by atoms with van der Waals surface area (Å²) in [6, 6.07) is 16.3. The highest BCUT2D eigenvalue weighted by atomic mass is 32.2. The summed E-state index contributed by atoms with van der Waals surface area (Å²) in [7, 11) is 0. The van der Waals surface area contributed by atoms with Gasteiger partial charge in [0.1, 0.15) is 11.1 Å². The number of carbonyl (C=O) groups excluding carboxylic acids is 1. The quantitative estimate of drug-likeness (QED) is 0.293. The number of benzene rings is 2. The van der Waals surface area contributed by atoms with Crippen LogP contribution in [0.1, 0.15) is 15.9 Å². The average molecular weight is 378 g/mol. The molecule has 0 atom stereocenters. The number of fused-ring (bicyclic) bond motifs is 1. The van der Waals surface area contributed by atoms with Crippen LogP contribution in [0.25, 0.3) is 22.4 Å². The Morgan fingerprint density at radius 3 is 2.74 bits per heavy atom. The fourth-order valence-corrected chi connectivity index (χ4v) is 3.27. The highest BCUT2D eigenvalue weighted by molar-refractivity contribution is 7.99. The minimum absolute atomic E-state index is 0.00144. The van der Waals surface area contributed by atoms with Gasteiger partial charge in [0.25, 0.3) is 5.22 Å². The Morgan fingerprint density at radius 2 is 1.89 bits per heavy atom. The largest absolute Gasteiger partial charge is 0.422 e. The number of nitrogens with zero attached hydrogens (tertiary/aromatic N) is 2. The van der Waals surface area contributed by atoms with Crippen LogP contribution in [-0.4, -0.2) is 21.7 Å². The monoisotopic (exact) mass is 378 g/mol. The van der Waals surface area contributed by atoms with Gasteiger partial charge in [0.2, 0.25) is 5.89 Å². The van der Waals surface area contributed by atoms with E-state index in [4.69, 9.17) is 8.83 Å². The summed E-state index contributed by atoms with van der Waals surface area (Å²) in [6.07, 6.45) is 0. The van der Waals surface area contributed by atoms with Crippen molar-refractivity contribution in [2.75, 3.05) is 5.75 Å². The predicted octanol–water partition coefficient (Wildman–Crippen LogP) is 4.13. The molecule has 134 valence electrons. The molecular weight excluding hydrogens is 364 g/mol. The number of hydrogen-bond acceptors (Lipinski definition) is 7. The molecule has 4 aromatic rings. The lowest BCUT2D eigenvalue weighted by atomic mass is 10.1. The van der Waals surface area contributed by atoms with Gasteiger partial charge in [-0.1, -0.05) is 47.7 Å². The molecule has 6 nitrogen and oxygen atoms in total. The molecule has 0 unspecified atom stereocenters. The van der Waals surface area contributed by atoms with E-state index in [0.29, 0.717) is 16.9 Å². The third-order valence-electron chi connectivity index (χ3n) is 3.94. The summed E-state index contributed by atoms with van der Waals surface area (Å²) in [5.74, 6) is 0.0344. The molecule has 2 heterocycles. The number of thioether (sulfide) groups is 1. The molecule has 0 aliphatic rings. The molecule has 0 bridgehead atoms. The van der Waals surface area contributed by atoms with Crippen molar-refractivity contribution in [3.63, 3.8) is 0 Å². The zero-order valence-corrected chi connectivity index (χ0v) is 15.2. The van der Waals surface area contributed by atoms with Gasteiger partial charge >= 0.3 is 5.63 Å². The van der Waals surface area contributed by atoms with Crippen LogP contribution in [0.3, 0.4) is 0 Å². The highest BCUT2D eigenvalue weighted by Gasteiger charge is 2.16. The van der Waals surface area contributed by atoms with Gasteiger partial charge in [0.15, 0.2) is 5.78 Å². The summed E-state index contributed by atoms with van der Waals surface area (Å²) in [5.41, 5.74) is 1.71. The van der Waals surface area contributed by atoms with Crippen molar-refractivity contribution in [1.29, 1.82) is 0 Å². The van der Waals surface area contributed by atoms with E-state index in [-0.39, 0.29) is 22.3 Å². The average Bonchev–Trinajstić information content (AvgIpc) is 3.14. The van der Waals surface area contributed by atoms with E-state index in [9.17, 15) is 9.59 Å². The van der Waals surface area contributed by atoms with Gasteiger partial charge in [0.05, 0.1) is 5.75 Å². The highest BCUT2D eigenvalue weighted by Crippen LogP contribution is 2.24. The molecule has 2 aromatic carbocycles. The number of Topliss-reactive ketones (excluding diaryl/α,β-unsaturated/α-hetero) is 1. The Kier molecular flexibility index (Phi) is 4.60. The number of para-hydroxylation sites is 1. The topological polar surface area (TPSA) is 86.2 Å². The lowest BCUT2D eigenvalue weighted by Gasteiger charge is -2.00. The SMILES string of the molecule is Cc1cccc(-c2nnc(SCC(=O)c3cc4ccccc4oc3=O)o2)c1. The maximum absolute atomic E-state index is 12.4. The van der Waals surface area contributed by atoms with Crippen molar-refractivity contribution in [2.45, 2.75) is 12.1 Å². The second-order valence-electron chi connectivity index (χ2n) is 5.94. The van der Waals surface area contributed by atoms with E-state index in [2.05, 4.69) is 10.2 Å². The van der Waals surface area contributed by atoms with Crippen LogP contribution in [0.15, 0.2) is 73.4 Å². The maximum atomic E-state index is 12.4. The molecule has 0 amide bonds. The standard InChI is InChI=1S/C20H14N2O4S/c1-12-5-4-7-14(9-12)18-21-22-20(26-18)27-11-16(23)15-10-13-6-2-3-8-17(13)25-19(15)24/h2-10H,11H2,1H3. The zero-order valence-electron chi connectivity index (χ0n) is 14.3. The summed E-state index contributed by atoms with van der Waals surface area (Å²) >= 11 is 1.09. The second-order valence-corrected chi connectivity index (χ2v) is 6.87. The Hall–Kier alpha value is -3.19. The Labute approximate surface area is 158 Å². The zero-order chi connectivity index (χ0) is 18.8. The van der Waals surface area contributed by atoms with E-state index >= 15 is 0 Å². The van der Waals surface area contributed by atoms with Crippen molar-refractivity contribution in [1.82, 2.24) is 10.2 Å². The molecular formula is C20H14N2O4S. The van der Waals surface area contributed by atoms with Crippen molar-refractivity contribution >= 4 is 28.5 Å². The molecule has 0 N–H and O–H groups in total. The first-order valence-electron chi connectivity index (χ1n) is 8.19. The van der Waals surface area contributed by atoms with Crippen molar-refractivity contribution in [2.24, 2.45) is 0 Å². The van der Waals surface area contributed by atoms with Crippen molar-refractivity contribution in [3.8, 4) is 11.5 Å². The number of ketones is 1. The molecule has 7 heteroatoms. The Morgan fingerprint density at radius 1 is 1.04 bits per heavy atom. The molecule has 0 saturated carbocycles. The number of rotatable bonds is 5. The van der Waals surface area contributed by atoms with Crippen LogP contribution in [0.2, 0.25) is 0 Å². The molecule has 0 saturated heterocycles. The number of hydrogen-bond donors (Lipinski definition) is 0. The van der Waals surface area contributed by atoms with Crippen LogP contribution in [-0.2, 0) is 0 Å². The van der Waals surface area contributed by atoms with Crippen molar-refractivity contribution in [3.05, 3.63) is 76.1 Å². The van der Waals surface area contributed by atoms with Crippen LogP contribution >= 0.6 is 11.8 Å². The van der Waals surface area contributed by atoms with Gasteiger partial charge in [-0.05, 0) is 31.2 Å².